The summed E-state index contributed by atoms with van der Waals surface area (Å²) in [6.45, 7) is 4.99. The van der Waals surface area contributed by atoms with Crippen LogP contribution in [0, 0.1) is 5.82 Å². The summed E-state index contributed by atoms with van der Waals surface area (Å²) in [5.41, 5.74) is 2.76. The summed E-state index contributed by atoms with van der Waals surface area (Å²) in [7, 11) is 1.88. The first-order valence-electron chi connectivity index (χ1n) is 6.98. The Labute approximate surface area is 130 Å². The van der Waals surface area contributed by atoms with Crippen molar-refractivity contribution in [2.24, 2.45) is 0 Å². The standard InChI is InChI=1S/C17H20ClFN2/c1-12(2)20-11-13-7-8-17(16(18)9-13)21(3)15-6-4-5-14(19)10-15/h4-10,12,20H,11H2,1-3H3. The molecule has 0 heterocycles. The van der Waals surface area contributed by atoms with Crippen molar-refractivity contribution in [2.45, 2.75) is 26.4 Å². The highest BCUT2D eigenvalue weighted by Crippen LogP contribution is 2.31. The molecular weight excluding hydrogens is 287 g/mol. The fraction of sp³-hybridized carbons (Fsp3) is 0.294. The van der Waals surface area contributed by atoms with E-state index in [1.807, 2.05) is 36.2 Å². The summed E-state index contributed by atoms with van der Waals surface area (Å²) in [4.78, 5) is 1.88. The zero-order valence-corrected chi connectivity index (χ0v) is 13.3. The highest BCUT2D eigenvalue weighted by atomic mass is 35.5. The summed E-state index contributed by atoms with van der Waals surface area (Å²) in [6, 6.07) is 12.8. The van der Waals surface area contributed by atoms with Crippen LogP contribution in [0.25, 0.3) is 0 Å². The molecular formula is C17H20ClFN2. The van der Waals surface area contributed by atoms with Crippen LogP contribution in [0.2, 0.25) is 5.02 Å². The van der Waals surface area contributed by atoms with Gasteiger partial charge in [-0.1, -0.05) is 37.6 Å². The van der Waals surface area contributed by atoms with E-state index in [1.54, 1.807) is 6.07 Å². The minimum absolute atomic E-state index is 0.256. The predicted octanol–water partition coefficient (Wildman–Crippen LogP) is 4.75. The monoisotopic (exact) mass is 306 g/mol. The average Bonchev–Trinajstić information content (AvgIpc) is 2.44. The molecule has 0 aliphatic rings. The molecule has 0 bridgehead atoms. The number of nitrogens with zero attached hydrogens (tertiary/aromatic N) is 1. The van der Waals surface area contributed by atoms with Crippen LogP contribution in [0.1, 0.15) is 19.4 Å². The summed E-state index contributed by atoms with van der Waals surface area (Å²) in [6.07, 6.45) is 0. The van der Waals surface area contributed by atoms with Gasteiger partial charge in [0.1, 0.15) is 5.82 Å². The minimum Gasteiger partial charge on any atom is -0.343 e. The van der Waals surface area contributed by atoms with Crippen LogP contribution in [-0.2, 0) is 6.54 Å². The van der Waals surface area contributed by atoms with Gasteiger partial charge in [-0.25, -0.2) is 4.39 Å². The van der Waals surface area contributed by atoms with E-state index in [0.29, 0.717) is 11.1 Å². The average molecular weight is 307 g/mol. The molecule has 0 radical (unpaired) electrons. The smallest absolute Gasteiger partial charge is 0.125 e. The van der Waals surface area contributed by atoms with Crippen LogP contribution < -0.4 is 10.2 Å². The van der Waals surface area contributed by atoms with Crippen molar-refractivity contribution in [1.82, 2.24) is 5.32 Å². The van der Waals surface area contributed by atoms with Gasteiger partial charge >= 0.3 is 0 Å². The molecule has 0 aliphatic heterocycles. The molecule has 112 valence electrons. The first-order valence-corrected chi connectivity index (χ1v) is 7.36. The van der Waals surface area contributed by atoms with E-state index in [1.165, 1.54) is 12.1 Å². The van der Waals surface area contributed by atoms with Crippen LogP contribution in [0.3, 0.4) is 0 Å². The number of rotatable bonds is 5. The van der Waals surface area contributed by atoms with Crippen LogP contribution in [0.15, 0.2) is 42.5 Å². The SMILES string of the molecule is CC(C)NCc1ccc(N(C)c2cccc(F)c2)c(Cl)c1. The van der Waals surface area contributed by atoms with E-state index in [9.17, 15) is 4.39 Å². The molecule has 2 rings (SSSR count). The van der Waals surface area contributed by atoms with Gasteiger partial charge in [0.15, 0.2) is 0 Å². The summed E-state index contributed by atoms with van der Waals surface area (Å²) in [5.74, 6) is -0.256. The summed E-state index contributed by atoms with van der Waals surface area (Å²) >= 11 is 6.37. The highest BCUT2D eigenvalue weighted by Gasteiger charge is 2.09. The Bertz CT molecular complexity index is 613. The molecule has 21 heavy (non-hydrogen) atoms. The second kappa shape index (κ2) is 6.92. The number of hydrogen-bond donors (Lipinski definition) is 1. The molecule has 2 aromatic carbocycles. The quantitative estimate of drug-likeness (QED) is 0.858. The van der Waals surface area contributed by atoms with Gasteiger partial charge in [-0.05, 0) is 35.9 Å². The molecule has 0 atom stereocenters. The van der Waals surface area contributed by atoms with E-state index in [-0.39, 0.29) is 5.82 Å². The van der Waals surface area contributed by atoms with Gasteiger partial charge in [0.25, 0.3) is 0 Å². The first-order chi connectivity index (χ1) is 9.97. The lowest BCUT2D eigenvalue weighted by atomic mass is 10.1. The van der Waals surface area contributed by atoms with Crippen molar-refractivity contribution < 1.29 is 4.39 Å². The molecule has 0 saturated heterocycles. The van der Waals surface area contributed by atoms with Gasteiger partial charge in [-0.2, -0.15) is 0 Å². The summed E-state index contributed by atoms with van der Waals surface area (Å²) < 4.78 is 13.3. The number of hydrogen-bond acceptors (Lipinski definition) is 2. The second-order valence-electron chi connectivity index (χ2n) is 5.36. The lowest BCUT2D eigenvalue weighted by molar-refractivity contribution is 0.589. The Morgan fingerprint density at radius 3 is 2.57 bits per heavy atom. The maximum absolute atomic E-state index is 13.3. The van der Waals surface area contributed by atoms with Crippen LogP contribution in [0.4, 0.5) is 15.8 Å². The van der Waals surface area contributed by atoms with Crippen molar-refractivity contribution in [3.8, 4) is 0 Å². The summed E-state index contributed by atoms with van der Waals surface area (Å²) in [5, 5.41) is 4.01. The lowest BCUT2D eigenvalue weighted by Gasteiger charge is -2.21. The van der Waals surface area contributed by atoms with Gasteiger partial charge in [-0.15, -0.1) is 0 Å². The maximum atomic E-state index is 13.3. The van der Waals surface area contributed by atoms with Crippen LogP contribution >= 0.6 is 11.6 Å². The first kappa shape index (κ1) is 15.8. The highest BCUT2D eigenvalue weighted by molar-refractivity contribution is 6.33. The Morgan fingerprint density at radius 1 is 1.19 bits per heavy atom. The number of anilines is 2. The van der Waals surface area contributed by atoms with Gasteiger partial charge in [-0.3, -0.25) is 0 Å². The molecule has 0 spiro atoms. The molecule has 0 aliphatic carbocycles. The van der Waals surface area contributed by atoms with Crippen LogP contribution in [0.5, 0.6) is 0 Å². The van der Waals surface area contributed by atoms with Gasteiger partial charge in [0, 0.05) is 25.3 Å². The maximum Gasteiger partial charge on any atom is 0.125 e. The minimum atomic E-state index is -0.256. The van der Waals surface area contributed by atoms with Gasteiger partial charge in [0.05, 0.1) is 10.7 Å². The Hall–Kier alpha value is -1.58. The van der Waals surface area contributed by atoms with Crippen molar-refractivity contribution in [1.29, 1.82) is 0 Å². The molecule has 0 unspecified atom stereocenters. The van der Waals surface area contributed by atoms with Crippen molar-refractivity contribution in [3.05, 3.63) is 58.9 Å². The molecule has 2 aromatic rings. The van der Waals surface area contributed by atoms with E-state index >= 15 is 0 Å². The zero-order valence-electron chi connectivity index (χ0n) is 12.5. The van der Waals surface area contributed by atoms with E-state index in [4.69, 9.17) is 11.6 Å². The Kier molecular flexibility index (Phi) is 5.21. The second-order valence-corrected chi connectivity index (χ2v) is 5.77. The predicted molar refractivity (Wildman–Crippen MR) is 87.9 cm³/mol. The third kappa shape index (κ3) is 4.19. The normalized spacial score (nSPS) is 11.0. The Morgan fingerprint density at radius 2 is 1.95 bits per heavy atom. The van der Waals surface area contributed by atoms with Gasteiger partial charge < -0.3 is 10.2 Å². The lowest BCUT2D eigenvalue weighted by Crippen LogP contribution is -2.21. The third-order valence-electron chi connectivity index (χ3n) is 3.28. The largest absolute Gasteiger partial charge is 0.343 e. The molecule has 0 fully saturated rings. The fourth-order valence-electron chi connectivity index (χ4n) is 2.08. The molecule has 0 amide bonds. The molecule has 4 heteroatoms. The van der Waals surface area contributed by atoms with Crippen molar-refractivity contribution >= 4 is 23.0 Å². The topological polar surface area (TPSA) is 15.3 Å². The number of nitrogens with one attached hydrogen (secondary N) is 1. The van der Waals surface area contributed by atoms with Crippen LogP contribution in [-0.4, -0.2) is 13.1 Å². The number of halogens is 2. The molecule has 1 N–H and O–H groups in total. The van der Waals surface area contributed by atoms with E-state index in [0.717, 1.165) is 23.5 Å². The fourth-order valence-corrected chi connectivity index (χ4v) is 2.41. The van der Waals surface area contributed by atoms with E-state index in [2.05, 4.69) is 19.2 Å². The molecule has 0 saturated carbocycles. The number of benzene rings is 2. The van der Waals surface area contributed by atoms with Crippen molar-refractivity contribution in [3.63, 3.8) is 0 Å². The third-order valence-corrected chi connectivity index (χ3v) is 3.59. The molecule has 2 nitrogen and oxygen atoms in total. The van der Waals surface area contributed by atoms with Crippen molar-refractivity contribution in [2.75, 3.05) is 11.9 Å². The van der Waals surface area contributed by atoms with Gasteiger partial charge in [0.2, 0.25) is 0 Å². The Balaban J connectivity index is 2.20. The van der Waals surface area contributed by atoms with E-state index < -0.39 is 0 Å². The zero-order chi connectivity index (χ0) is 15.4. The molecule has 0 aromatic heterocycles.